The third kappa shape index (κ3) is 2.17. The summed E-state index contributed by atoms with van der Waals surface area (Å²) in [4.78, 5) is 7.37. The molecule has 104 valence electrons. The lowest BCUT2D eigenvalue weighted by Gasteiger charge is -2.30. The lowest BCUT2D eigenvalue weighted by atomic mass is 10.00. The molecule has 0 bridgehead atoms. The summed E-state index contributed by atoms with van der Waals surface area (Å²) in [6, 6.07) is 19.2. The van der Waals surface area contributed by atoms with Gasteiger partial charge in [0.05, 0.1) is 17.9 Å². The highest BCUT2D eigenvalue weighted by Gasteiger charge is 2.23. The fourth-order valence-electron chi connectivity index (χ4n) is 3.19. The van der Waals surface area contributed by atoms with E-state index in [9.17, 15) is 0 Å². The Kier molecular flexibility index (Phi) is 3.07. The van der Waals surface area contributed by atoms with E-state index in [2.05, 4.69) is 65.6 Å². The minimum absolute atomic E-state index is 0.777. The van der Waals surface area contributed by atoms with Crippen molar-refractivity contribution in [2.45, 2.75) is 12.8 Å². The Hall–Kier alpha value is -2.35. The molecule has 2 aromatic rings. The molecule has 21 heavy (non-hydrogen) atoms. The van der Waals surface area contributed by atoms with E-state index >= 15 is 0 Å². The van der Waals surface area contributed by atoms with Gasteiger partial charge in [-0.25, -0.2) is 0 Å². The van der Waals surface area contributed by atoms with E-state index in [1.54, 1.807) is 0 Å². The van der Waals surface area contributed by atoms with Gasteiger partial charge in [-0.05, 0) is 18.9 Å². The highest BCUT2D eigenvalue weighted by Crippen LogP contribution is 2.32. The predicted molar refractivity (Wildman–Crippen MR) is 88.1 cm³/mol. The van der Waals surface area contributed by atoms with Crippen molar-refractivity contribution < 1.29 is 0 Å². The molecular weight excluding hydrogens is 256 g/mol. The van der Waals surface area contributed by atoms with E-state index < -0.39 is 0 Å². The van der Waals surface area contributed by atoms with Crippen molar-refractivity contribution in [2.24, 2.45) is 4.99 Å². The third-order valence-electron chi connectivity index (χ3n) is 4.21. The maximum atomic E-state index is 4.93. The fourth-order valence-corrected chi connectivity index (χ4v) is 3.19. The van der Waals surface area contributed by atoms with Gasteiger partial charge < -0.3 is 4.90 Å². The number of aliphatic imine (C=N–C) groups is 1. The number of benzene rings is 2. The van der Waals surface area contributed by atoms with E-state index in [1.807, 2.05) is 0 Å². The molecule has 0 N–H and O–H groups in total. The van der Waals surface area contributed by atoms with E-state index in [4.69, 9.17) is 4.99 Å². The minimum Gasteiger partial charge on any atom is -0.343 e. The summed E-state index contributed by atoms with van der Waals surface area (Å²) < 4.78 is 0. The molecule has 0 aliphatic carbocycles. The van der Waals surface area contributed by atoms with Gasteiger partial charge >= 0.3 is 0 Å². The number of para-hydroxylation sites is 1. The van der Waals surface area contributed by atoms with Gasteiger partial charge in [-0.3, -0.25) is 4.99 Å². The average molecular weight is 274 g/mol. The first-order valence-electron chi connectivity index (χ1n) is 7.59. The van der Waals surface area contributed by atoms with E-state index in [1.165, 1.54) is 35.4 Å². The molecule has 0 atom stereocenters. The lowest BCUT2D eigenvalue weighted by molar-refractivity contribution is 0.744. The van der Waals surface area contributed by atoms with Gasteiger partial charge in [-0.15, -0.1) is 0 Å². The summed E-state index contributed by atoms with van der Waals surface area (Å²) in [5.41, 5.74) is 6.20. The maximum absolute atomic E-state index is 4.93. The Labute approximate surface area is 125 Å². The molecule has 0 radical (unpaired) electrons. The molecule has 0 saturated carbocycles. The standard InChI is InChI=1S/C19H18N2/c1-2-8-15(9-3-1)19-17-11-4-5-12-18(17)21-13-7-6-10-16(21)14-20-19/h1-5,8-12H,6-7,13-14H2. The number of hydrogen-bond acceptors (Lipinski definition) is 2. The first kappa shape index (κ1) is 12.4. The summed E-state index contributed by atoms with van der Waals surface area (Å²) >= 11 is 0. The van der Waals surface area contributed by atoms with Crippen LogP contribution in [0.1, 0.15) is 24.0 Å². The average Bonchev–Trinajstić information content (AvgIpc) is 2.73. The molecule has 2 aromatic carbocycles. The topological polar surface area (TPSA) is 15.6 Å². The normalized spacial score (nSPS) is 17.2. The number of anilines is 1. The van der Waals surface area contributed by atoms with Gasteiger partial charge in [0, 0.05) is 23.4 Å². The van der Waals surface area contributed by atoms with Crippen molar-refractivity contribution in [3.63, 3.8) is 0 Å². The van der Waals surface area contributed by atoms with Crippen molar-refractivity contribution >= 4 is 11.4 Å². The molecule has 2 heteroatoms. The number of fused-ring (bicyclic) bond motifs is 3. The Morgan fingerprint density at radius 3 is 2.62 bits per heavy atom. The van der Waals surface area contributed by atoms with Crippen molar-refractivity contribution in [1.29, 1.82) is 0 Å². The van der Waals surface area contributed by atoms with Crippen LogP contribution in [0.2, 0.25) is 0 Å². The predicted octanol–water partition coefficient (Wildman–Crippen LogP) is 4.02. The number of allylic oxidation sites excluding steroid dienone is 1. The van der Waals surface area contributed by atoms with Crippen LogP contribution in [-0.4, -0.2) is 18.8 Å². The van der Waals surface area contributed by atoms with Crippen LogP contribution >= 0.6 is 0 Å². The third-order valence-corrected chi connectivity index (χ3v) is 4.21. The Balaban J connectivity index is 1.90. The molecule has 2 aliphatic rings. The van der Waals surface area contributed by atoms with Gasteiger partial charge in [0.2, 0.25) is 0 Å². The molecule has 0 unspecified atom stereocenters. The first-order chi connectivity index (χ1) is 10.4. The van der Waals surface area contributed by atoms with E-state index in [0.717, 1.165) is 18.8 Å². The second-order valence-corrected chi connectivity index (χ2v) is 5.54. The lowest BCUT2D eigenvalue weighted by Crippen LogP contribution is -2.28. The molecular formula is C19H18N2. The smallest absolute Gasteiger partial charge is 0.0796 e. The summed E-state index contributed by atoms with van der Waals surface area (Å²) in [7, 11) is 0. The van der Waals surface area contributed by atoms with Crippen molar-refractivity contribution in [2.75, 3.05) is 18.0 Å². The first-order valence-corrected chi connectivity index (χ1v) is 7.59. The number of rotatable bonds is 1. The van der Waals surface area contributed by atoms with Gasteiger partial charge in [0.15, 0.2) is 0 Å². The minimum atomic E-state index is 0.777. The molecule has 0 aromatic heterocycles. The Bertz CT molecular complexity index is 713. The maximum Gasteiger partial charge on any atom is 0.0796 e. The van der Waals surface area contributed by atoms with Crippen LogP contribution in [0.15, 0.2) is 71.4 Å². The molecule has 0 saturated heterocycles. The Morgan fingerprint density at radius 1 is 0.905 bits per heavy atom. The van der Waals surface area contributed by atoms with Gasteiger partial charge in [-0.2, -0.15) is 0 Å². The van der Waals surface area contributed by atoms with Crippen molar-refractivity contribution in [3.05, 3.63) is 77.5 Å². The number of nitrogens with zero attached hydrogens (tertiary/aromatic N) is 2. The summed E-state index contributed by atoms with van der Waals surface area (Å²) in [6.45, 7) is 1.87. The highest BCUT2D eigenvalue weighted by atomic mass is 15.2. The van der Waals surface area contributed by atoms with Crippen LogP contribution < -0.4 is 4.90 Å². The zero-order valence-electron chi connectivity index (χ0n) is 12.0. The highest BCUT2D eigenvalue weighted by molar-refractivity contribution is 6.16. The van der Waals surface area contributed by atoms with Crippen LogP contribution in [0.5, 0.6) is 0 Å². The van der Waals surface area contributed by atoms with Crippen LogP contribution in [0.4, 0.5) is 5.69 Å². The van der Waals surface area contributed by atoms with Crippen LogP contribution in [0, 0.1) is 0 Å². The second kappa shape index (κ2) is 5.21. The molecule has 2 nitrogen and oxygen atoms in total. The van der Waals surface area contributed by atoms with Crippen molar-refractivity contribution in [1.82, 2.24) is 0 Å². The SMILES string of the molecule is C1=C2CN=C(c3ccccc3)c3ccccc3N2CCC1. The zero-order valence-corrected chi connectivity index (χ0v) is 12.0. The van der Waals surface area contributed by atoms with Crippen LogP contribution in [0.3, 0.4) is 0 Å². The van der Waals surface area contributed by atoms with Gasteiger partial charge in [0.1, 0.15) is 0 Å². The molecule has 2 aliphatic heterocycles. The summed E-state index contributed by atoms with van der Waals surface area (Å²) in [6.07, 6.45) is 4.74. The molecule has 4 rings (SSSR count). The summed E-state index contributed by atoms with van der Waals surface area (Å²) in [5, 5.41) is 0. The molecule has 0 fully saturated rings. The molecule has 0 amide bonds. The molecule has 0 spiro atoms. The Morgan fingerprint density at radius 2 is 1.71 bits per heavy atom. The fraction of sp³-hybridized carbons (Fsp3) is 0.211. The molecule has 2 heterocycles. The zero-order chi connectivity index (χ0) is 14.1. The largest absolute Gasteiger partial charge is 0.343 e. The van der Waals surface area contributed by atoms with Gasteiger partial charge in [0.25, 0.3) is 0 Å². The number of hydrogen-bond donors (Lipinski definition) is 0. The van der Waals surface area contributed by atoms with Crippen LogP contribution in [0.25, 0.3) is 0 Å². The van der Waals surface area contributed by atoms with Crippen LogP contribution in [-0.2, 0) is 0 Å². The van der Waals surface area contributed by atoms with E-state index in [0.29, 0.717) is 0 Å². The quantitative estimate of drug-likeness (QED) is 0.767. The second-order valence-electron chi connectivity index (χ2n) is 5.54. The summed E-state index contributed by atoms with van der Waals surface area (Å²) in [5.74, 6) is 0. The monoisotopic (exact) mass is 274 g/mol. The van der Waals surface area contributed by atoms with E-state index in [-0.39, 0.29) is 0 Å². The van der Waals surface area contributed by atoms with Crippen molar-refractivity contribution in [3.8, 4) is 0 Å². The van der Waals surface area contributed by atoms with Gasteiger partial charge in [-0.1, -0.05) is 54.6 Å².